The summed E-state index contributed by atoms with van der Waals surface area (Å²) in [6.45, 7) is 7.36. The number of nitrogens with one attached hydrogen (secondary N) is 1. The molecule has 0 amide bonds. The Hall–Kier alpha value is -1.16. The van der Waals surface area contributed by atoms with Crippen LogP contribution in [0.5, 0.6) is 0 Å². The highest BCUT2D eigenvalue weighted by Crippen LogP contribution is 2.36. The average Bonchev–Trinajstić information content (AvgIpc) is 3.21. The maximum atomic E-state index is 4.73. The van der Waals surface area contributed by atoms with Gasteiger partial charge < -0.3 is 10.2 Å². The van der Waals surface area contributed by atoms with Crippen LogP contribution < -0.4 is 10.2 Å². The zero-order valence-electron chi connectivity index (χ0n) is 12.8. The van der Waals surface area contributed by atoms with E-state index in [0.717, 1.165) is 29.7 Å². The van der Waals surface area contributed by atoms with Crippen LogP contribution in [0.1, 0.15) is 51.0 Å². The van der Waals surface area contributed by atoms with Crippen molar-refractivity contribution >= 4 is 5.69 Å². The van der Waals surface area contributed by atoms with Crippen LogP contribution in [0.25, 0.3) is 0 Å². The summed E-state index contributed by atoms with van der Waals surface area (Å²) in [5, 5.41) is 3.21. The summed E-state index contributed by atoms with van der Waals surface area (Å²) in [6, 6.07) is 0.573. The highest BCUT2D eigenvalue weighted by Gasteiger charge is 2.31. The van der Waals surface area contributed by atoms with Crippen LogP contribution in [0.2, 0.25) is 0 Å². The van der Waals surface area contributed by atoms with E-state index in [1.807, 2.05) is 13.2 Å². The third kappa shape index (κ3) is 3.24. The second-order valence-corrected chi connectivity index (χ2v) is 5.93. The second-order valence-electron chi connectivity index (χ2n) is 5.93. The zero-order chi connectivity index (χ0) is 14.0. The fourth-order valence-corrected chi connectivity index (χ4v) is 2.41. The summed E-state index contributed by atoms with van der Waals surface area (Å²) in [5.41, 5.74) is 2.27. The van der Waals surface area contributed by atoms with Crippen molar-refractivity contribution in [2.24, 2.45) is 5.92 Å². The number of nitrogens with zero attached hydrogens (tertiary/aromatic N) is 3. The second kappa shape index (κ2) is 5.87. The highest BCUT2D eigenvalue weighted by molar-refractivity contribution is 5.49. The maximum Gasteiger partial charge on any atom is 0.131 e. The molecule has 4 heteroatoms. The quantitative estimate of drug-likeness (QED) is 0.855. The Labute approximate surface area is 116 Å². The third-order valence-electron chi connectivity index (χ3n) is 4.02. The first-order valence-electron chi connectivity index (χ1n) is 7.27. The van der Waals surface area contributed by atoms with Crippen LogP contribution in [-0.4, -0.2) is 30.1 Å². The molecule has 4 nitrogen and oxygen atoms in total. The number of aromatic nitrogens is 2. The van der Waals surface area contributed by atoms with Crippen molar-refractivity contribution in [2.75, 3.05) is 19.0 Å². The Morgan fingerprint density at radius 1 is 1.37 bits per heavy atom. The van der Waals surface area contributed by atoms with E-state index in [9.17, 15) is 0 Å². The normalized spacial score (nSPS) is 16.7. The van der Waals surface area contributed by atoms with Crippen LogP contribution in [0.15, 0.2) is 6.20 Å². The minimum Gasteiger partial charge on any atom is -0.369 e. The molecule has 0 saturated heterocycles. The SMILES string of the molecule is CNCc1nc(C(C)C)ncc1N(C)C(C)C1CC1. The fraction of sp³-hybridized carbons (Fsp3) is 0.733. The lowest BCUT2D eigenvalue weighted by Gasteiger charge is -2.28. The molecule has 1 saturated carbocycles. The van der Waals surface area contributed by atoms with Crippen molar-refractivity contribution in [3.63, 3.8) is 0 Å². The summed E-state index contributed by atoms with van der Waals surface area (Å²) in [5.74, 6) is 2.15. The highest BCUT2D eigenvalue weighted by atomic mass is 15.2. The van der Waals surface area contributed by atoms with Gasteiger partial charge in [-0.1, -0.05) is 13.8 Å². The molecule has 19 heavy (non-hydrogen) atoms. The van der Waals surface area contributed by atoms with Gasteiger partial charge in [0.2, 0.25) is 0 Å². The first-order chi connectivity index (χ1) is 9.04. The number of hydrogen-bond donors (Lipinski definition) is 1. The van der Waals surface area contributed by atoms with Crippen LogP contribution in [-0.2, 0) is 6.54 Å². The van der Waals surface area contributed by atoms with Gasteiger partial charge in [-0.05, 0) is 32.7 Å². The molecule has 0 spiro atoms. The Morgan fingerprint density at radius 3 is 2.58 bits per heavy atom. The lowest BCUT2D eigenvalue weighted by molar-refractivity contribution is 0.600. The molecular formula is C15H26N4. The van der Waals surface area contributed by atoms with Gasteiger partial charge in [0.05, 0.1) is 17.6 Å². The summed E-state index contributed by atoms with van der Waals surface area (Å²) in [4.78, 5) is 11.6. The summed E-state index contributed by atoms with van der Waals surface area (Å²) in [7, 11) is 4.13. The molecule has 1 atom stereocenters. The molecule has 1 unspecified atom stereocenters. The van der Waals surface area contributed by atoms with E-state index in [1.165, 1.54) is 12.8 Å². The smallest absolute Gasteiger partial charge is 0.131 e. The van der Waals surface area contributed by atoms with Crippen molar-refractivity contribution in [2.45, 2.75) is 52.1 Å². The van der Waals surface area contributed by atoms with E-state index in [-0.39, 0.29) is 0 Å². The van der Waals surface area contributed by atoms with E-state index in [2.05, 4.69) is 43.0 Å². The molecule has 0 radical (unpaired) electrons. The predicted molar refractivity (Wildman–Crippen MR) is 79.5 cm³/mol. The van der Waals surface area contributed by atoms with Crippen LogP contribution in [0.4, 0.5) is 5.69 Å². The van der Waals surface area contributed by atoms with Gasteiger partial charge in [-0.15, -0.1) is 0 Å². The van der Waals surface area contributed by atoms with E-state index < -0.39 is 0 Å². The Bertz CT molecular complexity index is 426. The summed E-state index contributed by atoms with van der Waals surface area (Å²) < 4.78 is 0. The molecule has 1 aliphatic carbocycles. The van der Waals surface area contributed by atoms with Gasteiger partial charge in [-0.3, -0.25) is 0 Å². The lowest BCUT2D eigenvalue weighted by Crippen LogP contribution is -2.32. The van der Waals surface area contributed by atoms with Crippen molar-refractivity contribution in [3.8, 4) is 0 Å². The fourth-order valence-electron chi connectivity index (χ4n) is 2.41. The Balaban J connectivity index is 2.26. The third-order valence-corrected chi connectivity index (χ3v) is 4.02. The lowest BCUT2D eigenvalue weighted by atomic mass is 10.1. The molecule has 0 aliphatic heterocycles. The molecule has 106 valence electrons. The van der Waals surface area contributed by atoms with Crippen LogP contribution in [0.3, 0.4) is 0 Å². The number of rotatable bonds is 6. The van der Waals surface area contributed by atoms with Gasteiger partial charge >= 0.3 is 0 Å². The molecule has 1 fully saturated rings. The summed E-state index contributed by atoms with van der Waals surface area (Å²) >= 11 is 0. The van der Waals surface area contributed by atoms with Gasteiger partial charge in [-0.2, -0.15) is 0 Å². The van der Waals surface area contributed by atoms with Crippen LogP contribution in [0, 0.1) is 5.92 Å². The predicted octanol–water partition coefficient (Wildman–Crippen LogP) is 2.55. The molecule has 1 N–H and O–H groups in total. The molecule has 0 bridgehead atoms. The molecular weight excluding hydrogens is 236 g/mol. The zero-order valence-corrected chi connectivity index (χ0v) is 12.8. The van der Waals surface area contributed by atoms with Gasteiger partial charge in [0, 0.05) is 25.6 Å². The maximum absolute atomic E-state index is 4.73. The minimum atomic E-state index is 0.371. The standard InChI is InChI=1S/C15H26N4/c1-10(2)15-17-9-14(13(18-15)8-16-4)19(5)11(3)12-6-7-12/h9-12,16H,6-8H2,1-5H3. The van der Waals surface area contributed by atoms with Crippen molar-refractivity contribution in [1.29, 1.82) is 0 Å². The number of hydrogen-bond acceptors (Lipinski definition) is 4. The minimum absolute atomic E-state index is 0.371. The summed E-state index contributed by atoms with van der Waals surface area (Å²) in [6.07, 6.45) is 4.71. The van der Waals surface area contributed by atoms with E-state index in [1.54, 1.807) is 0 Å². The molecule has 1 aliphatic rings. The molecule has 1 heterocycles. The van der Waals surface area contributed by atoms with Gasteiger partial charge in [0.25, 0.3) is 0 Å². The van der Waals surface area contributed by atoms with Crippen molar-refractivity contribution in [1.82, 2.24) is 15.3 Å². The monoisotopic (exact) mass is 262 g/mol. The van der Waals surface area contributed by atoms with Crippen molar-refractivity contribution < 1.29 is 0 Å². The Kier molecular flexibility index (Phi) is 4.40. The van der Waals surface area contributed by atoms with E-state index in [4.69, 9.17) is 4.98 Å². The molecule has 2 rings (SSSR count). The van der Waals surface area contributed by atoms with E-state index >= 15 is 0 Å². The topological polar surface area (TPSA) is 41.1 Å². The molecule has 0 aromatic carbocycles. The van der Waals surface area contributed by atoms with Crippen LogP contribution >= 0.6 is 0 Å². The van der Waals surface area contributed by atoms with Gasteiger partial charge in [0.15, 0.2) is 0 Å². The largest absolute Gasteiger partial charge is 0.369 e. The first-order valence-corrected chi connectivity index (χ1v) is 7.27. The molecule has 1 aromatic heterocycles. The van der Waals surface area contributed by atoms with Gasteiger partial charge in [0.1, 0.15) is 5.82 Å². The number of anilines is 1. The molecule has 1 aromatic rings. The van der Waals surface area contributed by atoms with E-state index in [0.29, 0.717) is 12.0 Å². The average molecular weight is 262 g/mol. The Morgan fingerprint density at radius 2 is 2.05 bits per heavy atom. The first kappa shape index (κ1) is 14.3. The van der Waals surface area contributed by atoms with Gasteiger partial charge in [-0.25, -0.2) is 9.97 Å². The van der Waals surface area contributed by atoms with Crippen molar-refractivity contribution in [3.05, 3.63) is 17.7 Å².